The van der Waals surface area contributed by atoms with Gasteiger partial charge in [0.15, 0.2) is 19.0 Å². The number of rotatable bonds is 6. The molecule has 9 heteroatoms. The Morgan fingerprint density at radius 2 is 2.19 bits per heavy atom. The van der Waals surface area contributed by atoms with Gasteiger partial charge in [0.05, 0.1) is 6.26 Å². The molecule has 2 aromatic heterocycles. The molecule has 1 aromatic carbocycles. The van der Waals surface area contributed by atoms with Crippen molar-refractivity contribution in [2.45, 2.75) is 19.4 Å². The third-order valence-electron chi connectivity index (χ3n) is 3.89. The fourth-order valence-electron chi connectivity index (χ4n) is 2.59. The molecule has 0 unspecified atom stereocenters. The number of aryl methyl sites for hydroxylation is 1. The minimum absolute atomic E-state index is 0.00332. The predicted octanol–water partition coefficient (Wildman–Crippen LogP) is 2.34. The summed E-state index contributed by atoms with van der Waals surface area (Å²) in [4.78, 5) is 27.3. The van der Waals surface area contributed by atoms with Crippen molar-refractivity contribution in [1.29, 1.82) is 0 Å². The van der Waals surface area contributed by atoms with E-state index in [-0.39, 0.29) is 30.8 Å². The Labute approximate surface area is 153 Å². The Hall–Kier alpha value is -3.62. The molecule has 9 nitrogen and oxygen atoms in total. The molecule has 0 fully saturated rings. The Balaban J connectivity index is 1.27. The summed E-state index contributed by atoms with van der Waals surface area (Å²) in [5.41, 5.74) is 1.74. The molecule has 1 N–H and O–H groups in total. The van der Waals surface area contributed by atoms with Gasteiger partial charge in [-0.25, -0.2) is 4.79 Å². The number of hydrogen-bond donors (Lipinski definition) is 1. The molecular weight excluding hydrogens is 354 g/mol. The smallest absolute Gasteiger partial charge is 0.344 e. The molecule has 0 aliphatic carbocycles. The fourth-order valence-corrected chi connectivity index (χ4v) is 2.59. The van der Waals surface area contributed by atoms with Gasteiger partial charge in [-0.15, -0.1) is 0 Å². The van der Waals surface area contributed by atoms with Gasteiger partial charge in [-0.3, -0.25) is 4.79 Å². The lowest BCUT2D eigenvalue weighted by atomic mass is 10.0. The van der Waals surface area contributed by atoms with Crippen LogP contribution in [-0.2, 0) is 27.4 Å². The molecule has 0 radical (unpaired) electrons. The topological polar surface area (TPSA) is 117 Å². The number of ether oxygens (including phenoxy) is 2. The molecular formula is C18H15N3O6. The third kappa shape index (κ3) is 3.97. The molecule has 0 bridgehead atoms. The number of anilines is 1. The summed E-state index contributed by atoms with van der Waals surface area (Å²) in [6.45, 7) is -0.392. The molecule has 0 spiro atoms. The van der Waals surface area contributed by atoms with E-state index in [0.29, 0.717) is 24.4 Å². The quantitative estimate of drug-likeness (QED) is 0.658. The van der Waals surface area contributed by atoms with Crippen LogP contribution in [0.4, 0.5) is 5.69 Å². The van der Waals surface area contributed by atoms with Crippen molar-refractivity contribution < 1.29 is 28.0 Å². The van der Waals surface area contributed by atoms with Crippen LogP contribution in [-0.4, -0.2) is 28.6 Å². The second-order valence-electron chi connectivity index (χ2n) is 5.81. The summed E-state index contributed by atoms with van der Waals surface area (Å²) >= 11 is 0. The Morgan fingerprint density at radius 3 is 3.04 bits per heavy atom. The van der Waals surface area contributed by atoms with Crippen LogP contribution in [0.5, 0.6) is 5.75 Å². The van der Waals surface area contributed by atoms with Crippen LogP contribution < -0.4 is 10.1 Å². The van der Waals surface area contributed by atoms with Crippen LogP contribution in [0.2, 0.25) is 0 Å². The molecule has 27 heavy (non-hydrogen) atoms. The van der Waals surface area contributed by atoms with Crippen LogP contribution in [0, 0.1) is 0 Å². The normalized spacial score (nSPS) is 13.0. The Morgan fingerprint density at radius 1 is 1.26 bits per heavy atom. The number of hydrogen-bond acceptors (Lipinski definition) is 8. The van der Waals surface area contributed by atoms with Gasteiger partial charge >= 0.3 is 5.97 Å². The largest absolute Gasteiger partial charge is 0.482 e. The zero-order valence-corrected chi connectivity index (χ0v) is 14.1. The standard InChI is InChI=1S/C18H15N3O6/c22-16-6-3-11-8-12(4-5-13(11)19-16)25-10-17(23)26-9-15-20-18(27-21-15)14-2-1-7-24-14/h1-2,4-5,7-8H,3,6,9-10H2,(H,19,22). The maximum absolute atomic E-state index is 11.8. The average molecular weight is 369 g/mol. The van der Waals surface area contributed by atoms with Crippen molar-refractivity contribution >= 4 is 17.6 Å². The van der Waals surface area contributed by atoms with Crippen LogP contribution in [0.1, 0.15) is 17.8 Å². The summed E-state index contributed by atoms with van der Waals surface area (Å²) in [5, 5.41) is 6.51. The molecule has 0 saturated heterocycles. The van der Waals surface area contributed by atoms with E-state index in [0.717, 1.165) is 11.3 Å². The molecule has 0 atom stereocenters. The van der Waals surface area contributed by atoms with Crippen molar-refractivity contribution in [2.24, 2.45) is 0 Å². The lowest BCUT2D eigenvalue weighted by Crippen LogP contribution is -2.19. The highest BCUT2D eigenvalue weighted by atomic mass is 16.6. The lowest BCUT2D eigenvalue weighted by molar-refractivity contribution is -0.147. The molecule has 1 amide bonds. The molecule has 1 aliphatic heterocycles. The lowest BCUT2D eigenvalue weighted by Gasteiger charge is -2.17. The zero-order chi connectivity index (χ0) is 18.6. The van der Waals surface area contributed by atoms with E-state index in [1.54, 1.807) is 30.3 Å². The SMILES string of the molecule is O=C1CCc2cc(OCC(=O)OCc3noc(-c4ccco4)n3)ccc2N1. The van der Waals surface area contributed by atoms with Crippen LogP contribution in [0.25, 0.3) is 11.7 Å². The number of nitrogens with one attached hydrogen (secondary N) is 1. The van der Waals surface area contributed by atoms with E-state index < -0.39 is 5.97 Å². The number of furan rings is 1. The van der Waals surface area contributed by atoms with Gasteiger partial charge in [-0.1, -0.05) is 5.16 Å². The van der Waals surface area contributed by atoms with Crippen molar-refractivity contribution in [3.63, 3.8) is 0 Å². The first-order valence-electron chi connectivity index (χ1n) is 8.25. The van der Waals surface area contributed by atoms with Gasteiger partial charge in [0, 0.05) is 12.1 Å². The number of carbonyl (C=O) groups is 2. The molecule has 3 heterocycles. The minimum Gasteiger partial charge on any atom is -0.482 e. The molecule has 0 saturated carbocycles. The highest BCUT2D eigenvalue weighted by molar-refractivity contribution is 5.94. The second-order valence-corrected chi connectivity index (χ2v) is 5.81. The van der Waals surface area contributed by atoms with Crippen LogP contribution in [0.3, 0.4) is 0 Å². The van der Waals surface area contributed by atoms with Crippen molar-refractivity contribution in [3.05, 3.63) is 48.0 Å². The first-order chi connectivity index (χ1) is 13.2. The van der Waals surface area contributed by atoms with Crippen LogP contribution in [0.15, 0.2) is 45.5 Å². The van der Waals surface area contributed by atoms with E-state index in [9.17, 15) is 9.59 Å². The zero-order valence-electron chi connectivity index (χ0n) is 14.1. The molecule has 138 valence electrons. The van der Waals surface area contributed by atoms with E-state index in [1.165, 1.54) is 6.26 Å². The number of amides is 1. The highest BCUT2D eigenvalue weighted by Crippen LogP contribution is 2.26. The number of aromatic nitrogens is 2. The fraction of sp³-hybridized carbons (Fsp3) is 0.222. The average Bonchev–Trinajstić information content (AvgIpc) is 3.36. The maximum atomic E-state index is 11.8. The van der Waals surface area contributed by atoms with E-state index in [2.05, 4.69) is 15.5 Å². The Bertz CT molecular complexity index is 963. The molecule has 4 rings (SSSR count). The summed E-state index contributed by atoms with van der Waals surface area (Å²) in [7, 11) is 0. The first-order valence-corrected chi connectivity index (χ1v) is 8.25. The second kappa shape index (κ2) is 7.32. The Kier molecular flexibility index (Phi) is 4.56. The summed E-state index contributed by atoms with van der Waals surface area (Å²) in [6, 6.07) is 8.62. The monoisotopic (exact) mass is 369 g/mol. The number of carbonyl (C=O) groups excluding carboxylic acids is 2. The summed E-state index contributed by atoms with van der Waals surface area (Å²) in [6.07, 6.45) is 2.56. The van der Waals surface area contributed by atoms with E-state index in [4.69, 9.17) is 18.4 Å². The summed E-state index contributed by atoms with van der Waals surface area (Å²) in [5.74, 6) is 0.832. The van der Waals surface area contributed by atoms with Gasteiger partial charge in [-0.05, 0) is 42.3 Å². The van der Waals surface area contributed by atoms with Gasteiger partial charge in [0.2, 0.25) is 11.7 Å². The van der Waals surface area contributed by atoms with Crippen molar-refractivity contribution in [2.75, 3.05) is 11.9 Å². The number of nitrogens with zero attached hydrogens (tertiary/aromatic N) is 2. The number of benzene rings is 1. The van der Waals surface area contributed by atoms with Crippen LogP contribution >= 0.6 is 0 Å². The third-order valence-corrected chi connectivity index (χ3v) is 3.89. The highest BCUT2D eigenvalue weighted by Gasteiger charge is 2.16. The van der Waals surface area contributed by atoms with Crippen molar-refractivity contribution in [1.82, 2.24) is 10.1 Å². The molecule has 3 aromatic rings. The van der Waals surface area contributed by atoms with Gasteiger partial charge in [-0.2, -0.15) is 4.98 Å². The maximum Gasteiger partial charge on any atom is 0.344 e. The molecule has 1 aliphatic rings. The van der Waals surface area contributed by atoms with Gasteiger partial charge in [0.1, 0.15) is 5.75 Å². The number of esters is 1. The summed E-state index contributed by atoms with van der Waals surface area (Å²) < 4.78 is 20.7. The predicted molar refractivity (Wildman–Crippen MR) is 90.7 cm³/mol. The van der Waals surface area contributed by atoms with Gasteiger partial charge in [0.25, 0.3) is 5.89 Å². The minimum atomic E-state index is -0.564. The van der Waals surface area contributed by atoms with E-state index in [1.807, 2.05) is 0 Å². The first kappa shape index (κ1) is 16.8. The number of fused-ring (bicyclic) bond motifs is 1. The van der Waals surface area contributed by atoms with Gasteiger partial charge < -0.3 is 23.7 Å². The van der Waals surface area contributed by atoms with Crippen molar-refractivity contribution in [3.8, 4) is 17.4 Å². The van der Waals surface area contributed by atoms with E-state index >= 15 is 0 Å².